The summed E-state index contributed by atoms with van der Waals surface area (Å²) in [4.78, 5) is 0. The van der Waals surface area contributed by atoms with Gasteiger partial charge in [-0.3, -0.25) is 0 Å². The van der Waals surface area contributed by atoms with E-state index in [4.69, 9.17) is 5.73 Å². The fourth-order valence-electron chi connectivity index (χ4n) is 1.13. The molecule has 0 aliphatic heterocycles. The van der Waals surface area contributed by atoms with Crippen LogP contribution in [-0.4, -0.2) is 10.8 Å². The molecule has 1 nitrogen and oxygen atoms in total. The lowest BCUT2D eigenvalue weighted by Gasteiger charge is -2.15. The number of hydrogen-bond acceptors (Lipinski definition) is 2. The van der Waals surface area contributed by atoms with Crippen molar-refractivity contribution in [2.24, 2.45) is 5.73 Å². The van der Waals surface area contributed by atoms with E-state index < -0.39 is 0 Å². The maximum absolute atomic E-state index is 5.63. The van der Waals surface area contributed by atoms with Gasteiger partial charge in [0.2, 0.25) is 0 Å². The number of hydrogen-bond donors (Lipinski definition) is 2. The Morgan fingerprint density at radius 3 is 1.58 bits per heavy atom. The molecule has 12 heavy (non-hydrogen) atoms. The summed E-state index contributed by atoms with van der Waals surface area (Å²) in [6.07, 6.45) is 6.66. The Morgan fingerprint density at radius 1 is 1.08 bits per heavy atom. The van der Waals surface area contributed by atoms with Crippen molar-refractivity contribution in [1.82, 2.24) is 0 Å². The molecule has 2 N–H and O–H groups in total. The van der Waals surface area contributed by atoms with E-state index in [0.29, 0.717) is 6.04 Å². The van der Waals surface area contributed by atoms with Crippen molar-refractivity contribution in [3.63, 3.8) is 0 Å². The topological polar surface area (TPSA) is 26.0 Å². The highest BCUT2D eigenvalue weighted by atomic mass is 32.1. The molecule has 1 aliphatic carbocycles. The predicted octanol–water partition coefficient (Wildman–Crippen LogP) is 2.99. The monoisotopic (exact) mass is 189 g/mol. The SMILES string of the molecule is CC(C)(C)S.NC1CCCCC1. The molecule has 0 heterocycles. The predicted molar refractivity (Wildman–Crippen MR) is 59.8 cm³/mol. The first kappa shape index (κ1) is 12.3. The van der Waals surface area contributed by atoms with E-state index in [1.54, 1.807) is 0 Å². The van der Waals surface area contributed by atoms with Gasteiger partial charge in [0.15, 0.2) is 0 Å². The van der Waals surface area contributed by atoms with Crippen LogP contribution in [0.15, 0.2) is 0 Å². The fraction of sp³-hybridized carbons (Fsp3) is 1.00. The summed E-state index contributed by atoms with van der Waals surface area (Å²) in [6, 6.07) is 0.536. The smallest absolute Gasteiger partial charge is 0.00449 e. The minimum absolute atomic E-state index is 0.194. The van der Waals surface area contributed by atoms with Gasteiger partial charge in [-0.2, -0.15) is 12.6 Å². The van der Waals surface area contributed by atoms with E-state index >= 15 is 0 Å². The third kappa shape index (κ3) is 12.9. The molecule has 0 amide bonds. The molecule has 0 atom stereocenters. The van der Waals surface area contributed by atoms with Crippen molar-refractivity contribution in [2.45, 2.75) is 63.7 Å². The maximum atomic E-state index is 5.63. The number of rotatable bonds is 0. The summed E-state index contributed by atoms with van der Waals surface area (Å²) in [5, 5.41) is 0. The van der Waals surface area contributed by atoms with Crippen LogP contribution < -0.4 is 5.73 Å². The van der Waals surface area contributed by atoms with Gasteiger partial charge in [-0.15, -0.1) is 0 Å². The molecular formula is C10H23NS. The highest BCUT2D eigenvalue weighted by Crippen LogP contribution is 2.14. The molecule has 0 aromatic rings. The number of nitrogens with two attached hydrogens (primary N) is 1. The van der Waals surface area contributed by atoms with Crippen LogP contribution in [-0.2, 0) is 0 Å². The Bertz CT molecular complexity index is 94.9. The van der Waals surface area contributed by atoms with Gasteiger partial charge in [0.1, 0.15) is 0 Å². The average molecular weight is 189 g/mol. The Kier molecular flexibility index (Phi) is 6.02. The van der Waals surface area contributed by atoms with Crippen LogP contribution in [0, 0.1) is 0 Å². The van der Waals surface area contributed by atoms with Gasteiger partial charge < -0.3 is 5.73 Å². The first-order chi connectivity index (χ1) is 5.39. The van der Waals surface area contributed by atoms with Gasteiger partial charge in [-0.1, -0.05) is 40.0 Å². The fourth-order valence-corrected chi connectivity index (χ4v) is 1.13. The van der Waals surface area contributed by atoms with Crippen molar-refractivity contribution < 1.29 is 0 Å². The van der Waals surface area contributed by atoms with Crippen LogP contribution in [0.2, 0.25) is 0 Å². The Labute approximate surface area is 82.5 Å². The molecule has 0 aromatic heterocycles. The Hall–Kier alpha value is 0.310. The third-order valence-electron chi connectivity index (χ3n) is 1.65. The number of thiol groups is 1. The summed E-state index contributed by atoms with van der Waals surface area (Å²) < 4.78 is 0.194. The summed E-state index contributed by atoms with van der Waals surface area (Å²) >= 11 is 4.12. The van der Waals surface area contributed by atoms with Gasteiger partial charge in [-0.25, -0.2) is 0 Å². The molecule has 2 heteroatoms. The minimum atomic E-state index is 0.194. The van der Waals surface area contributed by atoms with E-state index in [2.05, 4.69) is 33.4 Å². The van der Waals surface area contributed by atoms with Crippen molar-refractivity contribution in [1.29, 1.82) is 0 Å². The minimum Gasteiger partial charge on any atom is -0.328 e. The van der Waals surface area contributed by atoms with Crippen LogP contribution >= 0.6 is 12.6 Å². The van der Waals surface area contributed by atoms with Crippen LogP contribution in [0.1, 0.15) is 52.9 Å². The second-order valence-electron chi connectivity index (χ2n) is 4.57. The normalized spacial score (nSPS) is 19.8. The summed E-state index contributed by atoms with van der Waals surface area (Å²) in [6.45, 7) is 6.16. The third-order valence-corrected chi connectivity index (χ3v) is 1.65. The quantitative estimate of drug-likeness (QED) is 0.563. The van der Waals surface area contributed by atoms with Crippen molar-refractivity contribution in [3.8, 4) is 0 Å². The molecule has 1 saturated carbocycles. The van der Waals surface area contributed by atoms with Crippen LogP contribution in [0.3, 0.4) is 0 Å². The maximum Gasteiger partial charge on any atom is 0.00449 e. The van der Waals surface area contributed by atoms with Crippen molar-refractivity contribution >= 4 is 12.6 Å². The largest absolute Gasteiger partial charge is 0.328 e. The Morgan fingerprint density at radius 2 is 1.42 bits per heavy atom. The van der Waals surface area contributed by atoms with Crippen LogP contribution in [0.4, 0.5) is 0 Å². The second-order valence-corrected chi connectivity index (χ2v) is 5.91. The standard InChI is InChI=1S/C6H13N.C4H10S/c7-6-4-2-1-3-5-6;1-4(2,3)5/h6H,1-5,7H2;5H,1-3H3. The summed E-state index contributed by atoms with van der Waals surface area (Å²) in [7, 11) is 0. The summed E-state index contributed by atoms with van der Waals surface area (Å²) in [5.41, 5.74) is 5.63. The molecule has 0 unspecified atom stereocenters. The molecule has 74 valence electrons. The molecule has 0 spiro atoms. The van der Waals surface area contributed by atoms with E-state index in [9.17, 15) is 0 Å². The zero-order valence-corrected chi connectivity index (χ0v) is 9.53. The molecule has 1 fully saturated rings. The van der Waals surface area contributed by atoms with Crippen LogP contribution in [0.25, 0.3) is 0 Å². The lowest BCUT2D eigenvalue weighted by Crippen LogP contribution is -2.22. The van der Waals surface area contributed by atoms with Gasteiger partial charge in [0.05, 0.1) is 0 Å². The molecule has 1 aliphatic rings. The summed E-state index contributed by atoms with van der Waals surface area (Å²) in [5.74, 6) is 0. The van der Waals surface area contributed by atoms with Crippen molar-refractivity contribution in [3.05, 3.63) is 0 Å². The second kappa shape index (κ2) is 5.87. The zero-order chi connectivity index (χ0) is 9.61. The van der Waals surface area contributed by atoms with Gasteiger partial charge >= 0.3 is 0 Å². The lowest BCUT2D eigenvalue weighted by molar-refractivity contribution is 0.441. The Balaban J connectivity index is 0.000000217. The first-order valence-electron chi connectivity index (χ1n) is 4.87. The molecular weight excluding hydrogens is 166 g/mol. The molecule has 0 aromatic carbocycles. The molecule has 0 saturated heterocycles. The van der Waals surface area contributed by atoms with E-state index in [-0.39, 0.29) is 4.75 Å². The lowest BCUT2D eigenvalue weighted by atomic mass is 9.97. The first-order valence-corrected chi connectivity index (χ1v) is 5.32. The zero-order valence-electron chi connectivity index (χ0n) is 8.64. The molecule has 1 rings (SSSR count). The van der Waals surface area contributed by atoms with Gasteiger partial charge in [-0.05, 0) is 12.8 Å². The van der Waals surface area contributed by atoms with Gasteiger partial charge in [0, 0.05) is 10.8 Å². The van der Waals surface area contributed by atoms with E-state index in [1.807, 2.05) is 0 Å². The molecule has 0 radical (unpaired) electrons. The highest BCUT2D eigenvalue weighted by molar-refractivity contribution is 7.81. The van der Waals surface area contributed by atoms with Gasteiger partial charge in [0.25, 0.3) is 0 Å². The molecule has 0 bridgehead atoms. The highest BCUT2D eigenvalue weighted by Gasteiger charge is 2.06. The van der Waals surface area contributed by atoms with Crippen LogP contribution in [0.5, 0.6) is 0 Å². The average Bonchev–Trinajstić information content (AvgIpc) is 1.85. The van der Waals surface area contributed by atoms with Crippen molar-refractivity contribution in [2.75, 3.05) is 0 Å². The van der Waals surface area contributed by atoms with E-state index in [1.165, 1.54) is 32.1 Å². The van der Waals surface area contributed by atoms with E-state index in [0.717, 1.165) is 0 Å².